The summed E-state index contributed by atoms with van der Waals surface area (Å²) in [5.74, 6) is 1.11. The Bertz CT molecular complexity index is 1230. The SMILES string of the molecule is COc1cccc(N(CC(=O)N[C@@H](C)c2ccc(OC)c(OC)c2)S(=O)(=O)c2ccccc2)c1. The summed E-state index contributed by atoms with van der Waals surface area (Å²) in [6.45, 7) is 1.39. The topological polar surface area (TPSA) is 94.2 Å². The summed E-state index contributed by atoms with van der Waals surface area (Å²) in [5, 5.41) is 2.86. The van der Waals surface area contributed by atoms with Crippen LogP contribution in [-0.4, -0.2) is 42.2 Å². The quantitative estimate of drug-likeness (QED) is 0.471. The third kappa shape index (κ3) is 5.60. The molecule has 3 rings (SSSR count). The summed E-state index contributed by atoms with van der Waals surface area (Å²) in [4.78, 5) is 13.1. The van der Waals surface area contributed by atoms with Crippen molar-refractivity contribution >= 4 is 21.6 Å². The number of methoxy groups -OCH3 is 3. The number of carbonyl (C=O) groups excluding carboxylic acids is 1. The van der Waals surface area contributed by atoms with Crippen molar-refractivity contribution in [1.82, 2.24) is 5.32 Å². The lowest BCUT2D eigenvalue weighted by Gasteiger charge is -2.25. The first-order valence-corrected chi connectivity index (χ1v) is 12.0. The maximum Gasteiger partial charge on any atom is 0.264 e. The van der Waals surface area contributed by atoms with Crippen LogP contribution in [0.4, 0.5) is 5.69 Å². The molecule has 0 aliphatic heterocycles. The molecule has 3 aromatic rings. The van der Waals surface area contributed by atoms with Gasteiger partial charge in [-0.05, 0) is 48.9 Å². The van der Waals surface area contributed by atoms with E-state index < -0.39 is 28.5 Å². The van der Waals surface area contributed by atoms with Gasteiger partial charge in [-0.2, -0.15) is 0 Å². The molecule has 180 valence electrons. The van der Waals surface area contributed by atoms with Gasteiger partial charge >= 0.3 is 0 Å². The summed E-state index contributed by atoms with van der Waals surface area (Å²) in [5.41, 5.74) is 1.10. The summed E-state index contributed by atoms with van der Waals surface area (Å²) < 4.78 is 43.8. The maximum absolute atomic E-state index is 13.5. The van der Waals surface area contributed by atoms with Crippen molar-refractivity contribution in [2.24, 2.45) is 0 Å². The molecule has 0 aliphatic rings. The van der Waals surface area contributed by atoms with E-state index in [0.29, 0.717) is 22.9 Å². The Morgan fingerprint density at radius 1 is 0.882 bits per heavy atom. The number of amides is 1. The van der Waals surface area contributed by atoms with Gasteiger partial charge in [-0.3, -0.25) is 9.10 Å². The predicted octanol–water partition coefficient (Wildman–Crippen LogP) is 3.79. The van der Waals surface area contributed by atoms with Gasteiger partial charge < -0.3 is 19.5 Å². The number of rotatable bonds is 10. The van der Waals surface area contributed by atoms with Crippen LogP contribution < -0.4 is 23.8 Å². The van der Waals surface area contributed by atoms with Gasteiger partial charge in [0.1, 0.15) is 12.3 Å². The highest BCUT2D eigenvalue weighted by Gasteiger charge is 2.28. The molecular formula is C25H28N2O6S. The smallest absolute Gasteiger partial charge is 0.264 e. The second-order valence-electron chi connectivity index (χ2n) is 7.43. The minimum absolute atomic E-state index is 0.0820. The van der Waals surface area contributed by atoms with E-state index in [-0.39, 0.29) is 4.90 Å². The molecule has 1 N–H and O–H groups in total. The molecule has 1 amide bonds. The van der Waals surface area contributed by atoms with Crippen LogP contribution in [0, 0.1) is 0 Å². The molecular weight excluding hydrogens is 456 g/mol. The van der Waals surface area contributed by atoms with Gasteiger partial charge in [0.2, 0.25) is 5.91 Å². The predicted molar refractivity (Wildman–Crippen MR) is 130 cm³/mol. The van der Waals surface area contributed by atoms with Gasteiger partial charge in [0.05, 0.1) is 38.0 Å². The van der Waals surface area contributed by atoms with E-state index in [0.717, 1.165) is 9.87 Å². The van der Waals surface area contributed by atoms with Gasteiger partial charge in [0, 0.05) is 6.07 Å². The molecule has 3 aromatic carbocycles. The Morgan fingerprint density at radius 2 is 1.59 bits per heavy atom. The van der Waals surface area contributed by atoms with Gasteiger partial charge in [0.15, 0.2) is 11.5 Å². The minimum Gasteiger partial charge on any atom is -0.497 e. The minimum atomic E-state index is -4.01. The van der Waals surface area contributed by atoms with Crippen molar-refractivity contribution in [2.45, 2.75) is 17.9 Å². The van der Waals surface area contributed by atoms with Crippen LogP contribution in [-0.2, 0) is 14.8 Å². The van der Waals surface area contributed by atoms with E-state index in [1.807, 2.05) is 6.07 Å². The molecule has 9 heteroatoms. The van der Waals surface area contributed by atoms with Crippen LogP contribution in [0.3, 0.4) is 0 Å². The number of ether oxygens (including phenoxy) is 3. The molecule has 0 saturated heterocycles. The van der Waals surface area contributed by atoms with Gasteiger partial charge in [0.25, 0.3) is 10.0 Å². The van der Waals surface area contributed by atoms with E-state index in [1.54, 1.807) is 68.6 Å². The monoisotopic (exact) mass is 484 g/mol. The second-order valence-corrected chi connectivity index (χ2v) is 9.29. The fraction of sp³-hybridized carbons (Fsp3) is 0.240. The molecule has 0 fully saturated rings. The number of sulfonamides is 1. The average molecular weight is 485 g/mol. The van der Waals surface area contributed by atoms with Gasteiger partial charge in [-0.15, -0.1) is 0 Å². The first-order chi connectivity index (χ1) is 16.3. The Kier molecular flexibility index (Phi) is 8.01. The highest BCUT2D eigenvalue weighted by Crippen LogP contribution is 2.30. The summed E-state index contributed by atoms with van der Waals surface area (Å²) in [6, 6.07) is 19.5. The fourth-order valence-corrected chi connectivity index (χ4v) is 4.86. The zero-order valence-corrected chi connectivity index (χ0v) is 20.3. The standard InChI is InChI=1S/C25H28N2O6S/c1-18(19-13-14-23(32-3)24(15-19)33-4)26-25(28)17-27(20-9-8-10-21(16-20)31-2)34(29,30)22-11-6-5-7-12-22/h5-16,18H,17H2,1-4H3,(H,26,28)/t18-/m0/s1. The lowest BCUT2D eigenvalue weighted by molar-refractivity contribution is -0.120. The zero-order valence-electron chi connectivity index (χ0n) is 19.5. The summed E-state index contributed by atoms with van der Waals surface area (Å²) in [7, 11) is 0.557. The summed E-state index contributed by atoms with van der Waals surface area (Å²) >= 11 is 0. The van der Waals surface area contributed by atoms with Crippen LogP contribution in [0.2, 0.25) is 0 Å². The van der Waals surface area contributed by atoms with Gasteiger partial charge in [-0.1, -0.05) is 30.3 Å². The van der Waals surface area contributed by atoms with E-state index in [9.17, 15) is 13.2 Å². The fourth-order valence-electron chi connectivity index (χ4n) is 3.42. The number of anilines is 1. The molecule has 0 radical (unpaired) electrons. The first kappa shape index (κ1) is 24.9. The molecule has 1 atom stereocenters. The van der Waals surface area contributed by atoms with Crippen molar-refractivity contribution in [1.29, 1.82) is 0 Å². The van der Waals surface area contributed by atoms with E-state index >= 15 is 0 Å². The number of hydrogen-bond donors (Lipinski definition) is 1. The Hall–Kier alpha value is -3.72. The van der Waals surface area contributed by atoms with E-state index in [4.69, 9.17) is 14.2 Å². The van der Waals surface area contributed by atoms with E-state index in [2.05, 4.69) is 5.32 Å². The second kappa shape index (κ2) is 10.9. The number of nitrogens with one attached hydrogen (secondary N) is 1. The number of benzene rings is 3. The molecule has 0 unspecified atom stereocenters. The molecule has 34 heavy (non-hydrogen) atoms. The summed E-state index contributed by atoms with van der Waals surface area (Å²) in [6.07, 6.45) is 0. The van der Waals surface area contributed by atoms with Crippen molar-refractivity contribution in [2.75, 3.05) is 32.2 Å². The largest absolute Gasteiger partial charge is 0.497 e. The van der Waals surface area contributed by atoms with Crippen LogP contribution in [0.1, 0.15) is 18.5 Å². The Morgan fingerprint density at radius 3 is 2.24 bits per heavy atom. The van der Waals surface area contributed by atoms with Crippen molar-refractivity contribution in [3.8, 4) is 17.2 Å². The van der Waals surface area contributed by atoms with Crippen LogP contribution in [0.5, 0.6) is 17.2 Å². The van der Waals surface area contributed by atoms with Crippen molar-refractivity contribution < 1.29 is 27.4 Å². The average Bonchev–Trinajstić information content (AvgIpc) is 2.87. The lowest BCUT2D eigenvalue weighted by Crippen LogP contribution is -2.41. The highest BCUT2D eigenvalue weighted by atomic mass is 32.2. The number of hydrogen-bond acceptors (Lipinski definition) is 6. The molecule has 8 nitrogen and oxygen atoms in total. The third-order valence-electron chi connectivity index (χ3n) is 5.24. The number of nitrogens with zero attached hydrogens (tertiary/aromatic N) is 1. The van der Waals surface area contributed by atoms with E-state index in [1.165, 1.54) is 26.4 Å². The Labute approximate surface area is 200 Å². The zero-order chi connectivity index (χ0) is 24.7. The van der Waals surface area contributed by atoms with Gasteiger partial charge in [-0.25, -0.2) is 8.42 Å². The van der Waals surface area contributed by atoms with Crippen LogP contribution in [0.25, 0.3) is 0 Å². The van der Waals surface area contributed by atoms with Crippen LogP contribution >= 0.6 is 0 Å². The molecule has 0 heterocycles. The third-order valence-corrected chi connectivity index (χ3v) is 7.03. The molecule has 0 aromatic heterocycles. The lowest BCUT2D eigenvalue weighted by atomic mass is 10.1. The molecule has 0 bridgehead atoms. The molecule has 0 saturated carbocycles. The number of carbonyl (C=O) groups is 1. The highest BCUT2D eigenvalue weighted by molar-refractivity contribution is 7.92. The van der Waals surface area contributed by atoms with Crippen molar-refractivity contribution in [3.63, 3.8) is 0 Å². The van der Waals surface area contributed by atoms with Crippen molar-refractivity contribution in [3.05, 3.63) is 78.4 Å². The normalized spacial score (nSPS) is 11.9. The van der Waals surface area contributed by atoms with Crippen LogP contribution in [0.15, 0.2) is 77.7 Å². The molecule has 0 spiro atoms. The molecule has 0 aliphatic carbocycles. The first-order valence-electron chi connectivity index (χ1n) is 10.5. The maximum atomic E-state index is 13.5. The Balaban J connectivity index is 1.88.